The SMILES string of the molecule is Cc1nc(C)c(-c2csc(COCc3ccccc3)n2)o1. The van der Waals surface area contributed by atoms with E-state index in [1.165, 1.54) is 0 Å². The van der Waals surface area contributed by atoms with Gasteiger partial charge in [-0.05, 0) is 12.5 Å². The van der Waals surface area contributed by atoms with Crippen LogP contribution in [0.2, 0.25) is 0 Å². The van der Waals surface area contributed by atoms with Crippen LogP contribution in [-0.2, 0) is 18.0 Å². The van der Waals surface area contributed by atoms with E-state index in [0.717, 1.165) is 27.7 Å². The number of aromatic nitrogens is 2. The largest absolute Gasteiger partial charge is 0.439 e. The van der Waals surface area contributed by atoms with Crippen LogP contribution in [0.1, 0.15) is 22.2 Å². The lowest BCUT2D eigenvalue weighted by Gasteiger charge is -2.01. The lowest BCUT2D eigenvalue weighted by Crippen LogP contribution is -1.93. The fraction of sp³-hybridized carbons (Fsp3) is 0.250. The fourth-order valence-corrected chi connectivity index (χ4v) is 2.79. The molecular formula is C16H16N2O2S. The van der Waals surface area contributed by atoms with Crippen LogP contribution in [0.3, 0.4) is 0 Å². The van der Waals surface area contributed by atoms with Crippen molar-refractivity contribution in [2.45, 2.75) is 27.1 Å². The van der Waals surface area contributed by atoms with Gasteiger partial charge in [-0.15, -0.1) is 11.3 Å². The van der Waals surface area contributed by atoms with Crippen molar-refractivity contribution >= 4 is 11.3 Å². The first-order valence-corrected chi connectivity index (χ1v) is 7.61. The second-order valence-electron chi connectivity index (χ2n) is 4.75. The number of oxazole rings is 1. The Balaban J connectivity index is 1.62. The maximum atomic E-state index is 5.69. The number of benzene rings is 1. The molecule has 3 aromatic rings. The van der Waals surface area contributed by atoms with E-state index in [1.807, 2.05) is 49.6 Å². The molecule has 0 aliphatic carbocycles. The van der Waals surface area contributed by atoms with E-state index in [1.54, 1.807) is 11.3 Å². The summed E-state index contributed by atoms with van der Waals surface area (Å²) in [5, 5.41) is 2.92. The van der Waals surface area contributed by atoms with Gasteiger partial charge < -0.3 is 9.15 Å². The highest BCUT2D eigenvalue weighted by Gasteiger charge is 2.13. The Bertz CT molecular complexity index is 719. The van der Waals surface area contributed by atoms with Crippen LogP contribution in [0.4, 0.5) is 0 Å². The third kappa shape index (κ3) is 3.37. The zero-order chi connectivity index (χ0) is 14.7. The molecule has 0 N–H and O–H groups in total. The maximum absolute atomic E-state index is 5.69. The molecule has 21 heavy (non-hydrogen) atoms. The van der Waals surface area contributed by atoms with Crippen molar-refractivity contribution in [1.29, 1.82) is 0 Å². The standard InChI is InChI=1S/C16H16N2O2S/c1-11-16(20-12(2)17-11)14-10-21-15(18-14)9-19-8-13-6-4-3-5-7-13/h3-7,10H,8-9H2,1-2H3. The lowest BCUT2D eigenvalue weighted by molar-refractivity contribution is 0.107. The first-order valence-electron chi connectivity index (χ1n) is 6.73. The fourth-order valence-electron chi connectivity index (χ4n) is 2.08. The molecule has 2 aromatic heterocycles. The summed E-state index contributed by atoms with van der Waals surface area (Å²) in [7, 11) is 0. The van der Waals surface area contributed by atoms with Crippen molar-refractivity contribution in [2.24, 2.45) is 0 Å². The van der Waals surface area contributed by atoms with E-state index in [4.69, 9.17) is 9.15 Å². The van der Waals surface area contributed by atoms with Gasteiger partial charge in [0.15, 0.2) is 11.7 Å². The molecule has 0 aliphatic heterocycles. The summed E-state index contributed by atoms with van der Waals surface area (Å²) in [6, 6.07) is 10.1. The molecule has 0 amide bonds. The minimum atomic E-state index is 0.506. The molecule has 0 radical (unpaired) electrons. The molecule has 0 saturated heterocycles. The summed E-state index contributed by atoms with van der Waals surface area (Å²) < 4.78 is 11.3. The van der Waals surface area contributed by atoms with Gasteiger partial charge in [-0.25, -0.2) is 9.97 Å². The quantitative estimate of drug-likeness (QED) is 0.711. The molecule has 0 aliphatic rings. The van der Waals surface area contributed by atoms with Crippen molar-refractivity contribution in [3.05, 3.63) is 57.9 Å². The van der Waals surface area contributed by atoms with Crippen molar-refractivity contribution in [3.8, 4) is 11.5 Å². The monoisotopic (exact) mass is 300 g/mol. The Labute approximate surface area is 127 Å². The average Bonchev–Trinajstić information content (AvgIpc) is 3.06. The van der Waals surface area contributed by atoms with Crippen molar-refractivity contribution in [2.75, 3.05) is 0 Å². The number of ether oxygens (including phenoxy) is 1. The molecule has 5 heteroatoms. The summed E-state index contributed by atoms with van der Waals surface area (Å²) in [6.45, 7) is 4.87. The first-order chi connectivity index (χ1) is 10.2. The molecule has 3 rings (SSSR count). The van der Waals surface area contributed by atoms with E-state index < -0.39 is 0 Å². The molecule has 0 unspecified atom stereocenters. The number of thiazole rings is 1. The van der Waals surface area contributed by atoms with Crippen LogP contribution >= 0.6 is 11.3 Å². The third-order valence-corrected chi connectivity index (χ3v) is 3.85. The molecule has 1 aromatic carbocycles. The molecule has 0 spiro atoms. The van der Waals surface area contributed by atoms with E-state index in [-0.39, 0.29) is 0 Å². The molecule has 0 fully saturated rings. The minimum absolute atomic E-state index is 0.506. The van der Waals surface area contributed by atoms with Gasteiger partial charge in [0.2, 0.25) is 0 Å². The van der Waals surface area contributed by atoms with E-state index in [2.05, 4.69) is 9.97 Å². The number of hydrogen-bond acceptors (Lipinski definition) is 5. The summed E-state index contributed by atoms with van der Waals surface area (Å²) in [5.41, 5.74) is 2.86. The Kier molecular flexibility index (Phi) is 4.13. The molecule has 2 heterocycles. The summed E-state index contributed by atoms with van der Waals surface area (Å²) in [4.78, 5) is 8.81. The highest BCUT2D eigenvalue weighted by atomic mass is 32.1. The average molecular weight is 300 g/mol. The number of nitrogens with zero attached hydrogens (tertiary/aromatic N) is 2. The van der Waals surface area contributed by atoms with Gasteiger partial charge in [0.1, 0.15) is 10.7 Å². The van der Waals surface area contributed by atoms with Crippen LogP contribution in [0, 0.1) is 13.8 Å². The number of rotatable bonds is 5. The van der Waals surface area contributed by atoms with Gasteiger partial charge in [-0.1, -0.05) is 30.3 Å². The Morgan fingerprint density at radius 2 is 1.90 bits per heavy atom. The smallest absolute Gasteiger partial charge is 0.192 e. The first kappa shape index (κ1) is 14.0. The molecular weight excluding hydrogens is 284 g/mol. The molecule has 0 saturated carbocycles. The lowest BCUT2D eigenvalue weighted by atomic mass is 10.2. The molecule has 4 nitrogen and oxygen atoms in total. The van der Waals surface area contributed by atoms with Gasteiger partial charge in [-0.2, -0.15) is 0 Å². The topological polar surface area (TPSA) is 48.2 Å². The van der Waals surface area contributed by atoms with Crippen LogP contribution < -0.4 is 0 Å². The van der Waals surface area contributed by atoms with Crippen molar-refractivity contribution in [1.82, 2.24) is 9.97 Å². The van der Waals surface area contributed by atoms with Crippen LogP contribution in [0.25, 0.3) is 11.5 Å². The predicted octanol–water partition coefficient (Wildman–Crippen LogP) is 4.13. The zero-order valence-electron chi connectivity index (χ0n) is 12.0. The Hall–Kier alpha value is -1.98. The van der Waals surface area contributed by atoms with Gasteiger partial charge in [0.25, 0.3) is 0 Å². The van der Waals surface area contributed by atoms with Gasteiger partial charge >= 0.3 is 0 Å². The number of aryl methyl sites for hydroxylation is 2. The Morgan fingerprint density at radius 1 is 1.10 bits per heavy atom. The normalized spacial score (nSPS) is 11.0. The summed E-state index contributed by atoms with van der Waals surface area (Å²) in [6.07, 6.45) is 0. The van der Waals surface area contributed by atoms with Crippen molar-refractivity contribution < 1.29 is 9.15 Å². The molecule has 108 valence electrons. The Morgan fingerprint density at radius 3 is 2.62 bits per heavy atom. The van der Waals surface area contributed by atoms with Gasteiger partial charge in [-0.3, -0.25) is 0 Å². The third-order valence-electron chi connectivity index (χ3n) is 3.03. The maximum Gasteiger partial charge on any atom is 0.192 e. The van der Waals surface area contributed by atoms with E-state index in [9.17, 15) is 0 Å². The highest BCUT2D eigenvalue weighted by Crippen LogP contribution is 2.26. The molecule has 0 atom stereocenters. The molecule has 0 bridgehead atoms. The van der Waals surface area contributed by atoms with E-state index in [0.29, 0.717) is 19.1 Å². The highest BCUT2D eigenvalue weighted by molar-refractivity contribution is 7.09. The second-order valence-corrected chi connectivity index (χ2v) is 5.69. The van der Waals surface area contributed by atoms with Gasteiger partial charge in [0.05, 0.1) is 18.9 Å². The predicted molar refractivity (Wildman–Crippen MR) is 82.0 cm³/mol. The van der Waals surface area contributed by atoms with Crippen molar-refractivity contribution in [3.63, 3.8) is 0 Å². The number of hydrogen-bond donors (Lipinski definition) is 0. The van der Waals surface area contributed by atoms with Crippen LogP contribution in [-0.4, -0.2) is 9.97 Å². The summed E-state index contributed by atoms with van der Waals surface area (Å²) >= 11 is 1.57. The minimum Gasteiger partial charge on any atom is -0.439 e. The second kappa shape index (κ2) is 6.20. The van der Waals surface area contributed by atoms with Gasteiger partial charge in [0, 0.05) is 12.3 Å². The zero-order valence-corrected chi connectivity index (χ0v) is 12.8. The van der Waals surface area contributed by atoms with E-state index >= 15 is 0 Å². The van der Waals surface area contributed by atoms with Crippen LogP contribution in [0.15, 0.2) is 40.1 Å². The summed E-state index contributed by atoms with van der Waals surface area (Å²) in [5.74, 6) is 1.41. The van der Waals surface area contributed by atoms with Crippen LogP contribution in [0.5, 0.6) is 0 Å².